The van der Waals surface area contributed by atoms with E-state index in [1.54, 1.807) is 11.3 Å². The molecular formula is C14H24N2S. The van der Waals surface area contributed by atoms with Crippen molar-refractivity contribution < 1.29 is 0 Å². The number of nitrogens with zero attached hydrogens (tertiary/aromatic N) is 1. The highest BCUT2D eigenvalue weighted by atomic mass is 32.1. The third-order valence-electron chi connectivity index (χ3n) is 3.18. The van der Waals surface area contributed by atoms with E-state index in [0.29, 0.717) is 11.5 Å². The number of hydrogen-bond acceptors (Lipinski definition) is 2. The lowest BCUT2D eigenvalue weighted by Crippen LogP contribution is -2.15. The molecule has 1 aromatic rings. The number of aromatic amines is 1. The Morgan fingerprint density at radius 1 is 1.29 bits per heavy atom. The van der Waals surface area contributed by atoms with Gasteiger partial charge >= 0.3 is 0 Å². The molecule has 3 heteroatoms. The molecule has 0 amide bonds. The summed E-state index contributed by atoms with van der Waals surface area (Å²) in [5, 5.41) is 2.23. The van der Waals surface area contributed by atoms with Crippen molar-refractivity contribution in [3.8, 4) is 0 Å². The van der Waals surface area contributed by atoms with Gasteiger partial charge in [0.2, 0.25) is 0 Å². The van der Waals surface area contributed by atoms with Gasteiger partial charge in [-0.3, -0.25) is 4.99 Å². The zero-order valence-corrected chi connectivity index (χ0v) is 12.1. The molecule has 1 N–H and O–H groups in total. The molecule has 1 aliphatic carbocycles. The van der Waals surface area contributed by atoms with Crippen LogP contribution in [0.25, 0.3) is 0 Å². The molecule has 0 radical (unpaired) electrons. The maximum Gasteiger partial charge on any atom is 0.182 e. The number of H-pyrrole nitrogens is 1. The third-order valence-corrected chi connectivity index (χ3v) is 4.01. The van der Waals surface area contributed by atoms with Crippen molar-refractivity contribution >= 4 is 11.3 Å². The van der Waals surface area contributed by atoms with Crippen molar-refractivity contribution in [2.45, 2.75) is 65.3 Å². The molecule has 1 fully saturated rings. The Hall–Kier alpha value is -0.570. The Labute approximate surface area is 108 Å². The van der Waals surface area contributed by atoms with Crippen molar-refractivity contribution in [3.63, 3.8) is 0 Å². The van der Waals surface area contributed by atoms with Crippen molar-refractivity contribution in [2.24, 2.45) is 10.4 Å². The Morgan fingerprint density at radius 2 is 2.00 bits per heavy atom. The van der Waals surface area contributed by atoms with Crippen LogP contribution in [0.15, 0.2) is 10.4 Å². The van der Waals surface area contributed by atoms with E-state index < -0.39 is 0 Å². The highest BCUT2D eigenvalue weighted by molar-refractivity contribution is 7.07. The molecule has 1 heterocycles. The smallest absolute Gasteiger partial charge is 0.182 e. The second-order valence-electron chi connectivity index (χ2n) is 6.35. The van der Waals surface area contributed by atoms with Crippen molar-refractivity contribution in [1.82, 2.24) is 4.98 Å². The van der Waals surface area contributed by atoms with E-state index >= 15 is 0 Å². The number of thiazole rings is 1. The van der Waals surface area contributed by atoms with Gasteiger partial charge in [0.25, 0.3) is 0 Å². The molecule has 96 valence electrons. The first kappa shape index (κ1) is 12.9. The van der Waals surface area contributed by atoms with E-state index in [9.17, 15) is 0 Å². The first-order chi connectivity index (χ1) is 8.03. The fourth-order valence-corrected chi connectivity index (χ4v) is 3.22. The zero-order valence-electron chi connectivity index (χ0n) is 11.3. The number of hydrogen-bond donors (Lipinski definition) is 1. The van der Waals surface area contributed by atoms with Crippen LogP contribution in [0, 0.1) is 5.41 Å². The van der Waals surface area contributed by atoms with Crippen LogP contribution in [0.4, 0.5) is 0 Å². The normalized spacial score (nSPS) is 19.8. The van der Waals surface area contributed by atoms with Crippen molar-refractivity contribution in [2.75, 3.05) is 0 Å². The minimum absolute atomic E-state index is 0.347. The lowest BCUT2D eigenvalue weighted by atomic mass is 9.91. The summed E-state index contributed by atoms with van der Waals surface area (Å²) < 4.78 is 0. The van der Waals surface area contributed by atoms with Crippen LogP contribution >= 0.6 is 11.3 Å². The van der Waals surface area contributed by atoms with E-state index in [-0.39, 0.29) is 0 Å². The summed E-state index contributed by atoms with van der Waals surface area (Å²) in [7, 11) is 0. The molecule has 0 bridgehead atoms. The fraction of sp³-hybridized carbons (Fsp3) is 0.786. The van der Waals surface area contributed by atoms with Gasteiger partial charge < -0.3 is 4.98 Å². The molecule has 2 rings (SSSR count). The average molecular weight is 252 g/mol. The summed E-state index contributed by atoms with van der Waals surface area (Å²) in [5.41, 5.74) is 1.68. The van der Waals surface area contributed by atoms with Crippen LogP contribution in [0.5, 0.6) is 0 Å². The average Bonchev–Trinajstić information content (AvgIpc) is 2.64. The summed E-state index contributed by atoms with van der Waals surface area (Å²) >= 11 is 1.76. The summed E-state index contributed by atoms with van der Waals surface area (Å²) in [6, 6.07) is 0.570. The zero-order chi connectivity index (χ0) is 12.3. The molecule has 0 saturated heterocycles. The van der Waals surface area contributed by atoms with Gasteiger partial charge in [0, 0.05) is 11.1 Å². The number of rotatable bonds is 2. The molecule has 1 aliphatic rings. The van der Waals surface area contributed by atoms with Gasteiger partial charge in [-0.25, -0.2) is 0 Å². The lowest BCUT2D eigenvalue weighted by Gasteiger charge is -2.17. The second kappa shape index (κ2) is 5.38. The predicted octanol–water partition coefficient (Wildman–Crippen LogP) is 3.90. The van der Waals surface area contributed by atoms with E-state index in [1.165, 1.54) is 37.8 Å². The van der Waals surface area contributed by atoms with Gasteiger partial charge in [-0.2, -0.15) is 0 Å². The number of aromatic nitrogens is 1. The predicted molar refractivity (Wildman–Crippen MR) is 74.3 cm³/mol. The van der Waals surface area contributed by atoms with Gasteiger partial charge in [-0.15, -0.1) is 11.3 Å². The summed E-state index contributed by atoms with van der Waals surface area (Å²) in [6.07, 6.45) is 7.77. The van der Waals surface area contributed by atoms with Gasteiger partial charge in [0.15, 0.2) is 4.80 Å². The highest BCUT2D eigenvalue weighted by Crippen LogP contribution is 2.21. The molecule has 0 atom stereocenters. The SMILES string of the molecule is CC(C)(C)Cc1cs/c(=N\C2CCCCC2)[nH]1. The van der Waals surface area contributed by atoms with Crippen LogP contribution in [0.1, 0.15) is 58.6 Å². The Balaban J connectivity index is 2.04. The van der Waals surface area contributed by atoms with Crippen LogP contribution in [0.3, 0.4) is 0 Å². The quantitative estimate of drug-likeness (QED) is 0.827. The van der Waals surface area contributed by atoms with Gasteiger partial charge in [0.05, 0.1) is 6.04 Å². The molecule has 0 spiro atoms. The minimum atomic E-state index is 0.347. The van der Waals surface area contributed by atoms with Gasteiger partial charge in [0.1, 0.15) is 0 Å². The molecule has 0 aromatic carbocycles. The summed E-state index contributed by atoms with van der Waals surface area (Å²) in [5.74, 6) is 0. The molecule has 0 aliphatic heterocycles. The fourth-order valence-electron chi connectivity index (χ4n) is 2.42. The third kappa shape index (κ3) is 4.30. The van der Waals surface area contributed by atoms with Crippen molar-refractivity contribution in [3.05, 3.63) is 15.9 Å². The Morgan fingerprint density at radius 3 is 2.65 bits per heavy atom. The standard InChI is InChI=1S/C14H24N2S/c1-14(2,3)9-12-10-17-13(16-12)15-11-7-5-4-6-8-11/h10-11H,4-9H2,1-3H3,(H,15,16). The summed E-state index contributed by atoms with van der Waals surface area (Å²) in [4.78, 5) is 9.42. The first-order valence-electron chi connectivity index (χ1n) is 6.73. The van der Waals surface area contributed by atoms with E-state index in [1.807, 2.05) is 0 Å². The molecule has 2 nitrogen and oxygen atoms in total. The number of nitrogens with one attached hydrogen (secondary N) is 1. The monoisotopic (exact) mass is 252 g/mol. The lowest BCUT2D eigenvalue weighted by molar-refractivity contribution is 0.406. The van der Waals surface area contributed by atoms with Gasteiger partial charge in [-0.05, 0) is 24.7 Å². The largest absolute Gasteiger partial charge is 0.335 e. The second-order valence-corrected chi connectivity index (χ2v) is 7.21. The molecule has 1 aromatic heterocycles. The highest BCUT2D eigenvalue weighted by Gasteiger charge is 2.13. The van der Waals surface area contributed by atoms with Crippen LogP contribution < -0.4 is 4.80 Å². The molecule has 17 heavy (non-hydrogen) atoms. The minimum Gasteiger partial charge on any atom is -0.335 e. The first-order valence-corrected chi connectivity index (χ1v) is 7.61. The van der Waals surface area contributed by atoms with Crippen LogP contribution in [-0.4, -0.2) is 11.0 Å². The summed E-state index contributed by atoms with van der Waals surface area (Å²) in [6.45, 7) is 6.82. The van der Waals surface area contributed by atoms with Crippen molar-refractivity contribution in [1.29, 1.82) is 0 Å². The van der Waals surface area contributed by atoms with E-state index in [4.69, 9.17) is 4.99 Å². The van der Waals surface area contributed by atoms with Crippen LogP contribution in [0.2, 0.25) is 0 Å². The Kier molecular flexibility index (Phi) is 4.08. The van der Waals surface area contributed by atoms with E-state index in [2.05, 4.69) is 31.1 Å². The molecular weight excluding hydrogens is 228 g/mol. The van der Waals surface area contributed by atoms with Crippen LogP contribution in [-0.2, 0) is 6.42 Å². The van der Waals surface area contributed by atoms with Gasteiger partial charge in [-0.1, -0.05) is 40.0 Å². The Bertz CT molecular complexity index is 402. The molecule has 1 saturated carbocycles. The maximum absolute atomic E-state index is 4.83. The maximum atomic E-state index is 4.83. The topological polar surface area (TPSA) is 28.1 Å². The van der Waals surface area contributed by atoms with E-state index in [0.717, 1.165) is 11.2 Å². The molecule has 0 unspecified atom stereocenters.